The van der Waals surface area contributed by atoms with Crippen molar-refractivity contribution in [3.63, 3.8) is 0 Å². The van der Waals surface area contributed by atoms with Gasteiger partial charge in [-0.3, -0.25) is 9.59 Å². The molecule has 6 heteroatoms. The first-order valence-corrected chi connectivity index (χ1v) is 9.00. The number of carbonyl (C=O) groups excluding carboxylic acids is 2. The van der Waals surface area contributed by atoms with Gasteiger partial charge in [0.05, 0.1) is 18.0 Å². The van der Waals surface area contributed by atoms with E-state index in [2.05, 4.69) is 19.2 Å². The Kier molecular flexibility index (Phi) is 11.3. The Bertz CT molecular complexity index is 398. The van der Waals surface area contributed by atoms with E-state index in [0.29, 0.717) is 18.6 Å². The number of aliphatic carboxylic acids is 1. The summed E-state index contributed by atoms with van der Waals surface area (Å²) in [6.45, 7) is 7.80. The molecule has 4 atom stereocenters. The summed E-state index contributed by atoms with van der Waals surface area (Å²) >= 11 is 0. The lowest BCUT2D eigenvalue weighted by Gasteiger charge is -2.24. The smallest absolute Gasteiger partial charge is 0.306 e. The number of nitrogens with two attached hydrogens (primary N) is 1. The Hall–Kier alpha value is -1.43. The molecule has 4 N–H and O–H groups in total. The minimum absolute atomic E-state index is 0.0499. The number of hydrogen-bond donors (Lipinski definition) is 3. The average Bonchev–Trinajstić information content (AvgIpc) is 2.55. The highest BCUT2D eigenvalue weighted by Crippen LogP contribution is 2.24. The lowest BCUT2D eigenvalue weighted by molar-refractivity contribution is -0.143. The van der Waals surface area contributed by atoms with E-state index in [4.69, 9.17) is 5.73 Å². The monoisotopic (exact) mass is 342 g/mol. The quantitative estimate of drug-likeness (QED) is 0.445. The highest BCUT2D eigenvalue weighted by molar-refractivity contribution is 5.84. The van der Waals surface area contributed by atoms with Crippen LogP contribution in [0.2, 0.25) is 0 Å². The number of aldehydes is 1. The summed E-state index contributed by atoms with van der Waals surface area (Å²) < 4.78 is 0. The normalized spacial score (nSPS) is 16.2. The molecule has 0 radical (unpaired) electrons. The molecule has 6 nitrogen and oxygen atoms in total. The number of amides is 1. The number of rotatable bonds is 13. The molecule has 2 unspecified atom stereocenters. The van der Waals surface area contributed by atoms with Crippen LogP contribution in [0.15, 0.2) is 0 Å². The van der Waals surface area contributed by atoms with Gasteiger partial charge in [-0.05, 0) is 24.7 Å². The van der Waals surface area contributed by atoms with Crippen LogP contribution in [0.3, 0.4) is 0 Å². The van der Waals surface area contributed by atoms with Crippen LogP contribution < -0.4 is 11.1 Å². The summed E-state index contributed by atoms with van der Waals surface area (Å²) in [6, 6.07) is -1.52. The fourth-order valence-electron chi connectivity index (χ4n) is 2.72. The van der Waals surface area contributed by atoms with Crippen molar-refractivity contribution in [1.82, 2.24) is 5.32 Å². The van der Waals surface area contributed by atoms with E-state index in [1.54, 1.807) is 0 Å². The molecule has 0 aliphatic carbocycles. The Morgan fingerprint density at radius 1 is 1.21 bits per heavy atom. The lowest BCUT2D eigenvalue weighted by Crippen LogP contribution is -2.49. The molecule has 0 aromatic carbocycles. The van der Waals surface area contributed by atoms with Gasteiger partial charge in [-0.25, -0.2) is 0 Å². The van der Waals surface area contributed by atoms with Crippen molar-refractivity contribution in [1.29, 1.82) is 0 Å². The Morgan fingerprint density at radius 3 is 2.25 bits per heavy atom. The van der Waals surface area contributed by atoms with E-state index in [0.717, 1.165) is 25.7 Å². The van der Waals surface area contributed by atoms with Gasteiger partial charge < -0.3 is 21.0 Å². The zero-order valence-electron chi connectivity index (χ0n) is 15.5. The van der Waals surface area contributed by atoms with Gasteiger partial charge in [-0.15, -0.1) is 0 Å². The lowest BCUT2D eigenvalue weighted by atomic mass is 9.85. The van der Waals surface area contributed by atoms with Gasteiger partial charge in [-0.1, -0.05) is 53.4 Å². The van der Waals surface area contributed by atoms with Crippen LogP contribution in [-0.4, -0.2) is 35.4 Å². The van der Waals surface area contributed by atoms with Crippen molar-refractivity contribution >= 4 is 18.2 Å². The van der Waals surface area contributed by atoms with E-state index in [-0.39, 0.29) is 12.3 Å². The number of carbonyl (C=O) groups is 3. The summed E-state index contributed by atoms with van der Waals surface area (Å²) in [4.78, 5) is 34.8. The molecule has 0 rings (SSSR count). The molecule has 24 heavy (non-hydrogen) atoms. The third-order valence-electron chi connectivity index (χ3n) is 4.56. The van der Waals surface area contributed by atoms with Gasteiger partial charge in [0.1, 0.15) is 6.29 Å². The highest BCUT2D eigenvalue weighted by Gasteiger charge is 2.27. The zero-order chi connectivity index (χ0) is 18.7. The summed E-state index contributed by atoms with van der Waals surface area (Å²) in [6.07, 6.45) is 5.30. The Labute approximate surface area is 145 Å². The van der Waals surface area contributed by atoms with E-state index in [1.807, 2.05) is 13.8 Å². The second-order valence-corrected chi connectivity index (χ2v) is 6.94. The maximum absolute atomic E-state index is 12.0. The molecule has 0 aromatic heterocycles. The summed E-state index contributed by atoms with van der Waals surface area (Å²) in [5.41, 5.74) is 5.77. The molecule has 140 valence electrons. The predicted molar refractivity (Wildman–Crippen MR) is 94.5 cm³/mol. The van der Waals surface area contributed by atoms with Crippen LogP contribution in [0.1, 0.15) is 66.2 Å². The first-order valence-electron chi connectivity index (χ1n) is 9.00. The molecule has 0 saturated carbocycles. The van der Waals surface area contributed by atoms with Gasteiger partial charge in [-0.2, -0.15) is 0 Å². The van der Waals surface area contributed by atoms with Crippen molar-refractivity contribution in [3.05, 3.63) is 0 Å². The molecule has 0 aromatic rings. The van der Waals surface area contributed by atoms with E-state index in [9.17, 15) is 19.5 Å². The maximum atomic E-state index is 12.0. The van der Waals surface area contributed by atoms with Gasteiger partial charge >= 0.3 is 5.97 Å². The second-order valence-electron chi connectivity index (χ2n) is 6.94. The standard InChI is InChI=1S/C18H34N2O4/c1-5-7-8-13(6-2)9-14(18(23)24)10-15(11-21)20-17(22)16(19)12(3)4/h11-16H,5-10,19H2,1-4H3,(H,20,22)(H,23,24)/t13?,14?,15-,16-/m0/s1. The molecule has 0 heterocycles. The third kappa shape index (κ3) is 8.43. The molecular weight excluding hydrogens is 308 g/mol. The van der Waals surface area contributed by atoms with Crippen LogP contribution in [0.4, 0.5) is 0 Å². The van der Waals surface area contributed by atoms with Crippen LogP contribution >= 0.6 is 0 Å². The third-order valence-corrected chi connectivity index (χ3v) is 4.56. The van der Waals surface area contributed by atoms with Crippen molar-refractivity contribution in [2.75, 3.05) is 0 Å². The fraction of sp³-hybridized carbons (Fsp3) is 0.833. The summed E-state index contributed by atoms with van der Waals surface area (Å²) in [7, 11) is 0. The second kappa shape index (κ2) is 12.0. The molecule has 0 spiro atoms. The van der Waals surface area contributed by atoms with Crippen LogP contribution in [0.25, 0.3) is 0 Å². The molecule has 0 saturated heterocycles. The molecule has 0 aliphatic rings. The molecule has 1 amide bonds. The van der Waals surface area contributed by atoms with Crippen molar-refractivity contribution < 1.29 is 19.5 Å². The molecule has 0 bridgehead atoms. The van der Waals surface area contributed by atoms with Crippen LogP contribution in [0.5, 0.6) is 0 Å². The SMILES string of the molecule is CCCCC(CC)CC(C[C@@H](C=O)NC(=O)[C@@H](N)C(C)C)C(=O)O. The summed E-state index contributed by atoms with van der Waals surface area (Å²) in [5.74, 6) is -1.70. The maximum Gasteiger partial charge on any atom is 0.306 e. The molecule has 0 fully saturated rings. The molecule has 0 aliphatic heterocycles. The summed E-state index contributed by atoms with van der Waals surface area (Å²) in [5, 5.41) is 12.0. The van der Waals surface area contributed by atoms with E-state index >= 15 is 0 Å². The zero-order valence-corrected chi connectivity index (χ0v) is 15.5. The largest absolute Gasteiger partial charge is 0.481 e. The topological polar surface area (TPSA) is 109 Å². The molecular formula is C18H34N2O4. The van der Waals surface area contributed by atoms with Crippen molar-refractivity contribution in [2.24, 2.45) is 23.5 Å². The number of carboxylic acids is 1. The number of carboxylic acid groups (broad SMARTS) is 1. The fourth-order valence-corrected chi connectivity index (χ4v) is 2.72. The number of hydrogen-bond acceptors (Lipinski definition) is 4. The minimum Gasteiger partial charge on any atom is -0.481 e. The van der Waals surface area contributed by atoms with Crippen LogP contribution in [0, 0.1) is 17.8 Å². The van der Waals surface area contributed by atoms with E-state index in [1.165, 1.54) is 0 Å². The predicted octanol–water partition coefficient (Wildman–Crippen LogP) is 2.35. The van der Waals surface area contributed by atoms with Crippen LogP contribution in [-0.2, 0) is 14.4 Å². The Morgan fingerprint density at radius 2 is 1.83 bits per heavy atom. The average molecular weight is 342 g/mol. The first kappa shape index (κ1) is 22.6. The highest BCUT2D eigenvalue weighted by atomic mass is 16.4. The van der Waals surface area contributed by atoms with Gasteiger partial charge in [0.15, 0.2) is 0 Å². The van der Waals surface area contributed by atoms with E-state index < -0.39 is 29.9 Å². The van der Waals surface area contributed by atoms with Gasteiger partial charge in [0, 0.05) is 0 Å². The first-order chi connectivity index (χ1) is 11.3. The number of nitrogens with one attached hydrogen (secondary N) is 1. The van der Waals surface area contributed by atoms with Gasteiger partial charge in [0.25, 0.3) is 0 Å². The minimum atomic E-state index is -0.917. The number of unbranched alkanes of at least 4 members (excludes halogenated alkanes) is 1. The van der Waals surface area contributed by atoms with Gasteiger partial charge in [0.2, 0.25) is 5.91 Å². The van der Waals surface area contributed by atoms with Crippen molar-refractivity contribution in [2.45, 2.75) is 78.3 Å². The Balaban J connectivity index is 4.78. The van der Waals surface area contributed by atoms with Crippen molar-refractivity contribution in [3.8, 4) is 0 Å².